The Hall–Kier alpha value is -2.89. The van der Waals surface area contributed by atoms with Gasteiger partial charge in [-0.25, -0.2) is 0 Å². The quantitative estimate of drug-likeness (QED) is 0.0199. The summed E-state index contributed by atoms with van der Waals surface area (Å²) in [5, 5.41) is 0. The maximum Gasteiger partial charge on any atom is 0.306 e. The van der Waals surface area contributed by atoms with E-state index in [4.69, 9.17) is 14.2 Å². The molecule has 0 aromatic heterocycles. The standard InChI is InChI=1S/C58H102O6/c1-4-7-10-13-16-19-22-24-26-28-30-31-33-36-39-42-45-48-51-57(60)63-54-55(53-62-56(59)50-47-44-41-38-35-21-18-15-12-9-6-3)64-58(61)52-49-46-43-40-37-34-32-29-27-25-23-20-17-14-11-8-5-2/h15,18,22,24-28,30-31,55H,4-14,16-17,19-21,23,29,32-54H2,1-3H3/b18-15-,24-22-,27-25-,28-26-,31-30-. The Morgan fingerprint density at radius 3 is 0.953 bits per heavy atom. The number of ether oxygens (including phenoxy) is 3. The first-order valence-electron chi connectivity index (χ1n) is 27.3. The zero-order chi connectivity index (χ0) is 46.5. The second-order valence-corrected chi connectivity index (χ2v) is 18.2. The number of esters is 3. The van der Waals surface area contributed by atoms with Gasteiger partial charge in [0.1, 0.15) is 13.2 Å². The molecule has 0 saturated carbocycles. The van der Waals surface area contributed by atoms with Gasteiger partial charge in [0.25, 0.3) is 0 Å². The van der Waals surface area contributed by atoms with Crippen molar-refractivity contribution in [1.82, 2.24) is 0 Å². The summed E-state index contributed by atoms with van der Waals surface area (Å²) in [7, 11) is 0. The third-order valence-electron chi connectivity index (χ3n) is 11.8. The fourth-order valence-corrected chi connectivity index (χ4v) is 7.60. The van der Waals surface area contributed by atoms with Gasteiger partial charge < -0.3 is 14.2 Å². The van der Waals surface area contributed by atoms with Crippen molar-refractivity contribution >= 4 is 17.9 Å². The smallest absolute Gasteiger partial charge is 0.306 e. The van der Waals surface area contributed by atoms with E-state index in [0.29, 0.717) is 19.3 Å². The van der Waals surface area contributed by atoms with E-state index < -0.39 is 6.10 Å². The van der Waals surface area contributed by atoms with Crippen molar-refractivity contribution in [2.45, 2.75) is 277 Å². The first-order valence-corrected chi connectivity index (χ1v) is 27.3. The second kappa shape index (κ2) is 52.7. The topological polar surface area (TPSA) is 78.9 Å². The molecule has 0 radical (unpaired) electrons. The average Bonchev–Trinajstić information content (AvgIpc) is 3.29. The summed E-state index contributed by atoms with van der Waals surface area (Å²) in [6, 6.07) is 0. The normalized spacial score (nSPS) is 12.5. The van der Waals surface area contributed by atoms with E-state index >= 15 is 0 Å². The molecule has 0 spiro atoms. The van der Waals surface area contributed by atoms with Gasteiger partial charge in [-0.05, 0) is 89.9 Å². The third-order valence-corrected chi connectivity index (χ3v) is 11.8. The summed E-state index contributed by atoms with van der Waals surface area (Å²) >= 11 is 0. The second-order valence-electron chi connectivity index (χ2n) is 18.2. The molecule has 1 unspecified atom stereocenters. The number of carbonyl (C=O) groups is 3. The molecular formula is C58H102O6. The van der Waals surface area contributed by atoms with E-state index in [0.717, 1.165) is 83.5 Å². The highest BCUT2D eigenvalue weighted by atomic mass is 16.6. The molecule has 0 rings (SSSR count). The van der Waals surface area contributed by atoms with Crippen LogP contribution >= 0.6 is 0 Å². The number of unbranched alkanes of at least 4 members (excludes halogenated alkanes) is 30. The minimum atomic E-state index is -0.787. The van der Waals surface area contributed by atoms with Crippen molar-refractivity contribution in [3.05, 3.63) is 60.8 Å². The van der Waals surface area contributed by atoms with Crippen molar-refractivity contribution in [3.63, 3.8) is 0 Å². The molecular weight excluding hydrogens is 793 g/mol. The monoisotopic (exact) mass is 895 g/mol. The lowest BCUT2D eigenvalue weighted by molar-refractivity contribution is -0.167. The van der Waals surface area contributed by atoms with Gasteiger partial charge >= 0.3 is 17.9 Å². The van der Waals surface area contributed by atoms with E-state index in [1.165, 1.54) is 148 Å². The number of rotatable bonds is 49. The Labute approximate surface area is 396 Å². The molecule has 0 aromatic carbocycles. The van der Waals surface area contributed by atoms with Crippen LogP contribution < -0.4 is 0 Å². The van der Waals surface area contributed by atoms with Crippen LogP contribution in [0.25, 0.3) is 0 Å². The van der Waals surface area contributed by atoms with Crippen molar-refractivity contribution in [3.8, 4) is 0 Å². The van der Waals surface area contributed by atoms with Crippen molar-refractivity contribution in [2.24, 2.45) is 0 Å². The van der Waals surface area contributed by atoms with Gasteiger partial charge in [0, 0.05) is 19.3 Å². The highest BCUT2D eigenvalue weighted by Crippen LogP contribution is 2.14. The largest absolute Gasteiger partial charge is 0.462 e. The predicted molar refractivity (Wildman–Crippen MR) is 275 cm³/mol. The van der Waals surface area contributed by atoms with Crippen LogP contribution in [0.4, 0.5) is 0 Å². The fraction of sp³-hybridized carbons (Fsp3) is 0.776. The van der Waals surface area contributed by atoms with Gasteiger partial charge in [0.05, 0.1) is 0 Å². The Morgan fingerprint density at radius 1 is 0.312 bits per heavy atom. The maximum atomic E-state index is 12.8. The zero-order valence-corrected chi connectivity index (χ0v) is 42.3. The molecule has 64 heavy (non-hydrogen) atoms. The zero-order valence-electron chi connectivity index (χ0n) is 42.3. The molecule has 0 aliphatic rings. The lowest BCUT2D eigenvalue weighted by Gasteiger charge is -2.18. The molecule has 0 bridgehead atoms. The van der Waals surface area contributed by atoms with E-state index in [-0.39, 0.29) is 31.1 Å². The summed E-state index contributed by atoms with van der Waals surface area (Å²) in [6.45, 7) is 6.56. The Kier molecular flexibility index (Phi) is 50.4. The molecule has 0 heterocycles. The van der Waals surface area contributed by atoms with Crippen LogP contribution in [-0.4, -0.2) is 37.2 Å². The Balaban J connectivity index is 4.40. The van der Waals surface area contributed by atoms with Crippen LogP contribution in [0.5, 0.6) is 0 Å². The summed E-state index contributed by atoms with van der Waals surface area (Å²) in [6.07, 6.45) is 64.9. The van der Waals surface area contributed by atoms with Gasteiger partial charge in [-0.3, -0.25) is 14.4 Å². The molecule has 0 saturated heterocycles. The number of hydrogen-bond donors (Lipinski definition) is 0. The van der Waals surface area contributed by atoms with Crippen LogP contribution in [0.15, 0.2) is 60.8 Å². The molecule has 0 N–H and O–H groups in total. The van der Waals surface area contributed by atoms with Gasteiger partial charge in [0.15, 0.2) is 6.10 Å². The van der Waals surface area contributed by atoms with Crippen LogP contribution in [0.3, 0.4) is 0 Å². The minimum absolute atomic E-state index is 0.0867. The van der Waals surface area contributed by atoms with Crippen molar-refractivity contribution < 1.29 is 28.6 Å². The number of hydrogen-bond acceptors (Lipinski definition) is 6. The number of allylic oxidation sites excluding steroid dienone is 10. The van der Waals surface area contributed by atoms with Gasteiger partial charge in [-0.2, -0.15) is 0 Å². The lowest BCUT2D eigenvalue weighted by Crippen LogP contribution is -2.30. The van der Waals surface area contributed by atoms with E-state index in [1.807, 2.05) is 0 Å². The maximum absolute atomic E-state index is 12.8. The van der Waals surface area contributed by atoms with E-state index in [1.54, 1.807) is 0 Å². The highest BCUT2D eigenvalue weighted by molar-refractivity contribution is 5.71. The van der Waals surface area contributed by atoms with Gasteiger partial charge in [-0.1, -0.05) is 223 Å². The van der Waals surface area contributed by atoms with Crippen LogP contribution in [-0.2, 0) is 28.6 Å². The molecule has 6 heteroatoms. The highest BCUT2D eigenvalue weighted by Gasteiger charge is 2.19. The van der Waals surface area contributed by atoms with Crippen molar-refractivity contribution in [2.75, 3.05) is 13.2 Å². The molecule has 0 aliphatic carbocycles. The third kappa shape index (κ3) is 50.1. The first kappa shape index (κ1) is 61.1. The Bertz CT molecular complexity index is 1170. The van der Waals surface area contributed by atoms with E-state index in [2.05, 4.69) is 81.5 Å². The molecule has 0 aromatic rings. The van der Waals surface area contributed by atoms with Gasteiger partial charge in [0.2, 0.25) is 0 Å². The molecule has 1 atom stereocenters. The molecule has 6 nitrogen and oxygen atoms in total. The first-order chi connectivity index (χ1) is 31.5. The summed E-state index contributed by atoms with van der Waals surface area (Å²) in [5.74, 6) is -0.914. The van der Waals surface area contributed by atoms with Crippen LogP contribution in [0.2, 0.25) is 0 Å². The lowest BCUT2D eigenvalue weighted by atomic mass is 10.1. The number of carbonyl (C=O) groups excluding carboxylic acids is 3. The summed E-state index contributed by atoms with van der Waals surface area (Å²) < 4.78 is 16.8. The molecule has 0 fully saturated rings. The molecule has 370 valence electrons. The SMILES string of the molecule is CCCC/C=C\CCCCCCCC(=O)OCC(COC(=O)CCCCCCC\C=C/C=C\C=C/CCCCCCC)OC(=O)CCCCCCCCC/C=C\CCCCCCCC. The molecule has 0 aliphatic heterocycles. The summed E-state index contributed by atoms with van der Waals surface area (Å²) in [5.41, 5.74) is 0. The molecule has 0 amide bonds. The fourth-order valence-electron chi connectivity index (χ4n) is 7.60. The Morgan fingerprint density at radius 2 is 0.594 bits per heavy atom. The van der Waals surface area contributed by atoms with E-state index in [9.17, 15) is 14.4 Å². The van der Waals surface area contributed by atoms with Crippen LogP contribution in [0, 0.1) is 0 Å². The summed E-state index contributed by atoms with van der Waals surface area (Å²) in [4.78, 5) is 38.0. The minimum Gasteiger partial charge on any atom is -0.462 e. The van der Waals surface area contributed by atoms with Crippen LogP contribution in [0.1, 0.15) is 271 Å². The van der Waals surface area contributed by atoms with Gasteiger partial charge in [-0.15, -0.1) is 0 Å². The van der Waals surface area contributed by atoms with Crippen molar-refractivity contribution in [1.29, 1.82) is 0 Å². The average molecular weight is 895 g/mol. The predicted octanol–water partition coefficient (Wildman–Crippen LogP) is 18.0.